The van der Waals surface area contributed by atoms with Crippen LogP contribution in [0.15, 0.2) is 91.1 Å². The number of fused-ring (bicyclic) bond motifs is 12. The maximum absolute atomic E-state index is 5.91. The zero-order valence-electron chi connectivity index (χ0n) is 32.7. The van der Waals surface area contributed by atoms with Crippen LogP contribution in [0.3, 0.4) is 0 Å². The number of nitrogens with zero attached hydrogens (tertiary/aromatic N) is 2. The van der Waals surface area contributed by atoms with Crippen LogP contribution in [0.5, 0.6) is 0 Å². The second-order valence-electron chi connectivity index (χ2n) is 18.9. The quantitative estimate of drug-likeness (QED) is 0.206. The number of nitrogens with one attached hydrogen (secondary N) is 2. The number of hydrogen-bond acceptors (Lipinski definition) is 2. The summed E-state index contributed by atoms with van der Waals surface area (Å²) >= 11 is 0. The van der Waals surface area contributed by atoms with Crippen molar-refractivity contribution in [3.8, 4) is 11.1 Å². The van der Waals surface area contributed by atoms with Gasteiger partial charge in [-0.1, -0.05) is 86.2 Å². The molecule has 0 saturated heterocycles. The molecule has 2 aliphatic heterocycles. The zero-order valence-corrected chi connectivity index (χ0v) is 32.7. The van der Waals surface area contributed by atoms with Crippen LogP contribution in [0.4, 0.5) is 0 Å². The molecule has 4 nitrogen and oxygen atoms in total. The zero-order chi connectivity index (χ0) is 37.1. The van der Waals surface area contributed by atoms with Gasteiger partial charge in [-0.15, -0.1) is 0 Å². The first-order valence-corrected chi connectivity index (χ1v) is 22.3. The molecule has 280 valence electrons. The van der Waals surface area contributed by atoms with Gasteiger partial charge in [0.05, 0.1) is 22.8 Å². The van der Waals surface area contributed by atoms with E-state index in [9.17, 15) is 0 Å². The second kappa shape index (κ2) is 11.5. The molecule has 18 rings (SSSR count). The van der Waals surface area contributed by atoms with Gasteiger partial charge in [0, 0.05) is 75.0 Å². The van der Waals surface area contributed by atoms with Crippen LogP contribution in [0, 0.1) is 23.7 Å². The Morgan fingerprint density at radius 3 is 1.21 bits per heavy atom. The molecule has 4 heteroatoms. The van der Waals surface area contributed by atoms with E-state index in [4.69, 9.17) is 9.97 Å². The average molecular weight is 741 g/mol. The van der Waals surface area contributed by atoms with Gasteiger partial charge >= 0.3 is 0 Å². The van der Waals surface area contributed by atoms with E-state index in [1.54, 1.807) is 0 Å². The Morgan fingerprint density at radius 1 is 0.456 bits per heavy atom. The van der Waals surface area contributed by atoms with Crippen molar-refractivity contribution >= 4 is 44.4 Å². The van der Waals surface area contributed by atoms with Crippen LogP contribution in [0.1, 0.15) is 139 Å². The van der Waals surface area contributed by atoms with Crippen molar-refractivity contribution in [1.29, 1.82) is 0 Å². The van der Waals surface area contributed by atoms with E-state index < -0.39 is 0 Å². The molecule has 57 heavy (non-hydrogen) atoms. The van der Waals surface area contributed by atoms with Gasteiger partial charge in [0.15, 0.2) is 0 Å². The molecule has 0 fully saturated rings. The van der Waals surface area contributed by atoms with Gasteiger partial charge in [-0.25, -0.2) is 9.97 Å². The minimum absolute atomic E-state index is 0.381. The van der Waals surface area contributed by atoms with Gasteiger partial charge < -0.3 is 9.97 Å². The maximum Gasteiger partial charge on any atom is 0.0778 e. The van der Waals surface area contributed by atoms with E-state index >= 15 is 0 Å². The average Bonchev–Trinajstić information content (AvgIpc) is 4.05. The lowest BCUT2D eigenvalue weighted by Crippen LogP contribution is -2.20. The number of aromatic amines is 2. The molecule has 8 unspecified atom stereocenters. The molecule has 4 aromatic rings. The summed E-state index contributed by atoms with van der Waals surface area (Å²) in [5.74, 6) is 3.37. The van der Waals surface area contributed by atoms with E-state index in [0.717, 1.165) is 12.8 Å². The number of aryl methyl sites for hydroxylation is 1. The summed E-state index contributed by atoms with van der Waals surface area (Å²) in [7, 11) is 0. The molecule has 0 radical (unpaired) electrons. The Kier molecular flexibility index (Phi) is 6.40. The molecule has 2 N–H and O–H groups in total. The van der Waals surface area contributed by atoms with E-state index in [-0.39, 0.29) is 0 Å². The summed E-state index contributed by atoms with van der Waals surface area (Å²) in [6.45, 7) is 2.28. The molecule has 1 aromatic carbocycles. The summed E-state index contributed by atoms with van der Waals surface area (Å²) in [4.78, 5) is 20.0. The molecule has 8 atom stereocenters. The fourth-order valence-electron chi connectivity index (χ4n) is 13.5. The van der Waals surface area contributed by atoms with Gasteiger partial charge in [0.25, 0.3) is 0 Å². The van der Waals surface area contributed by atoms with Gasteiger partial charge in [0.2, 0.25) is 0 Å². The van der Waals surface area contributed by atoms with Crippen molar-refractivity contribution in [3.63, 3.8) is 0 Å². The van der Waals surface area contributed by atoms with Crippen molar-refractivity contribution in [1.82, 2.24) is 19.9 Å². The molecular weight excluding hydrogens is 693 g/mol. The monoisotopic (exact) mass is 740 g/mol. The summed E-state index contributed by atoms with van der Waals surface area (Å²) in [5.41, 5.74) is 25.7. The highest BCUT2D eigenvalue weighted by Gasteiger charge is 2.43. The van der Waals surface area contributed by atoms with E-state index in [2.05, 4.69) is 108 Å². The van der Waals surface area contributed by atoms with Crippen molar-refractivity contribution in [2.75, 3.05) is 0 Å². The second-order valence-corrected chi connectivity index (χ2v) is 18.9. The Hall–Kier alpha value is -5.22. The molecule has 5 heterocycles. The summed E-state index contributed by atoms with van der Waals surface area (Å²) in [6, 6.07) is 17.0. The third kappa shape index (κ3) is 4.29. The maximum atomic E-state index is 5.91. The first-order chi connectivity index (χ1) is 28.2. The molecule has 16 bridgehead atoms. The number of aromatic nitrogens is 4. The predicted octanol–water partition coefficient (Wildman–Crippen LogP) is 13.0. The third-order valence-electron chi connectivity index (χ3n) is 15.9. The number of benzene rings is 1. The minimum atomic E-state index is 0.381. The molecule has 14 aliphatic rings. The molecule has 0 amide bonds. The fourth-order valence-corrected chi connectivity index (χ4v) is 13.5. The van der Waals surface area contributed by atoms with Crippen molar-refractivity contribution in [2.24, 2.45) is 23.7 Å². The largest absolute Gasteiger partial charge is 0.355 e. The van der Waals surface area contributed by atoms with E-state index in [1.165, 1.54) is 157 Å². The Bertz CT molecular complexity index is 2690. The van der Waals surface area contributed by atoms with E-state index in [1.807, 2.05) is 0 Å². The highest BCUT2D eigenvalue weighted by Crippen LogP contribution is 2.58. The smallest absolute Gasteiger partial charge is 0.0778 e. The lowest BCUT2D eigenvalue weighted by molar-refractivity contribution is 0.557. The summed E-state index contributed by atoms with van der Waals surface area (Å²) < 4.78 is 0. The van der Waals surface area contributed by atoms with Crippen LogP contribution in [-0.2, 0) is 6.42 Å². The van der Waals surface area contributed by atoms with Crippen molar-refractivity contribution in [2.45, 2.75) is 94.8 Å². The van der Waals surface area contributed by atoms with Crippen LogP contribution in [-0.4, -0.2) is 19.9 Å². The van der Waals surface area contributed by atoms with Crippen LogP contribution >= 0.6 is 0 Å². The molecular formula is C53H48N4. The first-order valence-electron chi connectivity index (χ1n) is 22.3. The topological polar surface area (TPSA) is 57.4 Å². The van der Waals surface area contributed by atoms with Gasteiger partial charge in [-0.05, 0) is 132 Å². The number of rotatable bonds is 3. The summed E-state index contributed by atoms with van der Waals surface area (Å²) in [6.07, 6.45) is 32.0. The van der Waals surface area contributed by atoms with Crippen molar-refractivity contribution < 1.29 is 0 Å². The molecule has 3 aromatic heterocycles. The fraction of sp³-hybridized carbons (Fsp3) is 0.358. The number of allylic oxidation sites excluding steroid dienone is 12. The number of H-pyrrole nitrogens is 2. The van der Waals surface area contributed by atoms with Crippen LogP contribution < -0.4 is 0 Å². The molecule has 12 aliphatic carbocycles. The standard InChI is InChI=1S/C53H48N4/c1-2-3-27-4-6-36(7-5-27)51-52-49-34-20-16-32(17-21-34)47(49)41(56-52)25-39-45-30-12-8-28(9-13-30)43(45)37(54-39)24-38-44-29-10-14-31(15-11-29)46(44)40(55-38)26-42-48-33-18-22-35(23-19-33)50(48)53(51)57-42/h4-8,10,12,14,16,18,20,22,24-26,28-35,54-55H,2-3,9,11,13,15,17,19,21,23H2,1H3. The Balaban J connectivity index is 1.17. The highest BCUT2D eigenvalue weighted by atomic mass is 14.8. The molecule has 0 spiro atoms. The van der Waals surface area contributed by atoms with Crippen LogP contribution in [0.25, 0.3) is 55.5 Å². The highest BCUT2D eigenvalue weighted by molar-refractivity contribution is 6.06. The summed E-state index contributed by atoms with van der Waals surface area (Å²) in [5, 5.41) is 0. The van der Waals surface area contributed by atoms with E-state index in [0.29, 0.717) is 47.3 Å². The van der Waals surface area contributed by atoms with Gasteiger partial charge in [0.1, 0.15) is 0 Å². The first kappa shape index (κ1) is 31.8. The SMILES string of the molecule is CCCc1ccc(-c2c3nc(cc4[nH]c(cc5[nH]c(cc6nc2C2=C6C6C=CC2CC6)c2c5C5C=CC2CC5)c2c4C4C=CC2CC4)C2=C3C3C=CC2CC3)cc1. The number of hydrogen-bond donors (Lipinski definition) is 2. The third-order valence-corrected chi connectivity index (χ3v) is 15.9. The lowest BCUT2D eigenvalue weighted by atomic mass is 9.68. The predicted molar refractivity (Wildman–Crippen MR) is 232 cm³/mol. The van der Waals surface area contributed by atoms with Gasteiger partial charge in [-0.3, -0.25) is 0 Å². The van der Waals surface area contributed by atoms with Crippen LogP contribution in [0.2, 0.25) is 0 Å². The minimum Gasteiger partial charge on any atom is -0.355 e. The Morgan fingerprint density at radius 2 is 0.825 bits per heavy atom. The van der Waals surface area contributed by atoms with Gasteiger partial charge in [-0.2, -0.15) is 0 Å². The lowest BCUT2D eigenvalue weighted by Gasteiger charge is -2.34. The van der Waals surface area contributed by atoms with Crippen molar-refractivity contribution in [3.05, 3.63) is 142 Å². The Labute approximate surface area is 334 Å². The molecule has 0 saturated carbocycles. The normalized spacial score (nSPS) is 30.1.